The van der Waals surface area contributed by atoms with Gasteiger partial charge in [-0.05, 0) is 112 Å². The molecule has 8 rings (SSSR count). The molecule has 1 amide bonds. The maximum Gasteiger partial charge on any atom is 0.224 e. The Morgan fingerprint density at radius 1 is 0.970 bits per heavy atom. The van der Waals surface area contributed by atoms with Crippen molar-refractivity contribution in [2.75, 3.05) is 6.54 Å². The first-order chi connectivity index (χ1) is 15.8. The normalized spacial score (nSPS) is 54.1. The predicted molar refractivity (Wildman–Crippen MR) is 128 cm³/mol. The van der Waals surface area contributed by atoms with Gasteiger partial charge >= 0.3 is 0 Å². The first-order valence-corrected chi connectivity index (χ1v) is 14.1. The standard InChI is InChI=1S/C29H42N2O2/c1-27-8-6-23-21(16-30-25-12-20(32)5-7-28(23,25)2)22(27)3-4-24(27)26(33)31-29-13-17-9-18(14-29)11-19(10-17)15-29/h12,17-19,21-24,30H,3-11,13-16H2,1-2H3,(H,31,33)/t17?,18?,19?,21-,22-,23+,24?,27-,28+,29?/m0/s1. The van der Waals surface area contributed by atoms with Crippen LogP contribution in [0, 0.1) is 52.3 Å². The summed E-state index contributed by atoms with van der Waals surface area (Å²) in [6, 6.07) is 0. The van der Waals surface area contributed by atoms with Crippen molar-refractivity contribution in [2.45, 2.75) is 96.4 Å². The van der Waals surface area contributed by atoms with E-state index in [1.54, 1.807) is 0 Å². The summed E-state index contributed by atoms with van der Waals surface area (Å²) in [6.45, 7) is 5.86. The lowest BCUT2D eigenvalue weighted by atomic mass is 9.49. The van der Waals surface area contributed by atoms with Gasteiger partial charge in [0.15, 0.2) is 5.78 Å². The molecule has 1 heterocycles. The van der Waals surface area contributed by atoms with E-state index in [-0.39, 0.29) is 28.1 Å². The Labute approximate surface area is 199 Å². The van der Waals surface area contributed by atoms with E-state index < -0.39 is 0 Å². The third-order valence-corrected chi connectivity index (χ3v) is 12.3. The molecule has 7 fully saturated rings. The fraction of sp³-hybridized carbons (Fsp3) is 0.862. The van der Waals surface area contributed by atoms with Crippen LogP contribution in [0.15, 0.2) is 11.8 Å². The van der Waals surface area contributed by atoms with Gasteiger partial charge in [-0.2, -0.15) is 0 Å². The summed E-state index contributed by atoms with van der Waals surface area (Å²) in [4.78, 5) is 26.0. The summed E-state index contributed by atoms with van der Waals surface area (Å²) < 4.78 is 0. The van der Waals surface area contributed by atoms with Crippen molar-refractivity contribution in [2.24, 2.45) is 52.3 Å². The van der Waals surface area contributed by atoms with Gasteiger partial charge in [-0.25, -0.2) is 0 Å². The third-order valence-electron chi connectivity index (χ3n) is 12.3. The molecule has 6 atom stereocenters. The number of allylic oxidation sites excluding steroid dienone is 2. The molecule has 0 spiro atoms. The van der Waals surface area contributed by atoms with Gasteiger partial charge in [-0.1, -0.05) is 13.8 Å². The molecule has 6 saturated carbocycles. The van der Waals surface area contributed by atoms with Crippen molar-refractivity contribution in [3.63, 3.8) is 0 Å². The zero-order chi connectivity index (χ0) is 22.6. The lowest BCUT2D eigenvalue weighted by Crippen LogP contribution is -2.62. The SMILES string of the molecule is C[C@]12CCC(=O)C=C1NC[C@@H]1[C@H]2CC[C@]2(C)C(C(=O)NC34CC5CC(CC(C5)C3)C4)CC[C@@H]12. The molecule has 4 heteroatoms. The molecule has 1 saturated heterocycles. The molecular formula is C29H42N2O2. The first-order valence-electron chi connectivity index (χ1n) is 14.1. The number of rotatable bonds is 2. The first kappa shape index (κ1) is 21.0. The molecule has 7 aliphatic carbocycles. The molecule has 4 bridgehead atoms. The lowest BCUT2D eigenvalue weighted by Gasteiger charge is -2.59. The van der Waals surface area contributed by atoms with Crippen molar-refractivity contribution in [1.29, 1.82) is 0 Å². The number of carbonyl (C=O) groups is 2. The molecule has 0 aromatic heterocycles. The fourth-order valence-electron chi connectivity index (χ4n) is 11.2. The molecular weight excluding hydrogens is 408 g/mol. The van der Waals surface area contributed by atoms with E-state index in [2.05, 4.69) is 24.5 Å². The quantitative estimate of drug-likeness (QED) is 0.623. The van der Waals surface area contributed by atoms with Gasteiger partial charge in [0, 0.05) is 41.6 Å². The minimum atomic E-state index is 0.123. The minimum Gasteiger partial charge on any atom is -0.387 e. The highest BCUT2D eigenvalue weighted by Gasteiger charge is 2.61. The molecule has 0 aromatic carbocycles. The Kier molecular flexibility index (Phi) is 4.38. The molecule has 180 valence electrons. The van der Waals surface area contributed by atoms with Gasteiger partial charge in [0.1, 0.15) is 0 Å². The van der Waals surface area contributed by atoms with Crippen LogP contribution in [0.1, 0.15) is 90.9 Å². The van der Waals surface area contributed by atoms with E-state index >= 15 is 0 Å². The second kappa shape index (κ2) is 6.88. The number of piperidine rings is 1. The summed E-state index contributed by atoms with van der Waals surface area (Å²) in [7, 11) is 0. The molecule has 2 N–H and O–H groups in total. The van der Waals surface area contributed by atoms with Crippen LogP contribution in [0.5, 0.6) is 0 Å². The Hall–Kier alpha value is -1.32. The molecule has 33 heavy (non-hydrogen) atoms. The Morgan fingerprint density at radius 2 is 1.67 bits per heavy atom. The fourth-order valence-corrected chi connectivity index (χ4v) is 11.2. The monoisotopic (exact) mass is 450 g/mol. The number of carbonyl (C=O) groups excluding carboxylic acids is 2. The minimum absolute atomic E-state index is 0.123. The van der Waals surface area contributed by atoms with Crippen LogP contribution >= 0.6 is 0 Å². The molecule has 0 radical (unpaired) electrons. The van der Waals surface area contributed by atoms with Crippen LogP contribution in [-0.4, -0.2) is 23.8 Å². The lowest BCUT2D eigenvalue weighted by molar-refractivity contribution is -0.138. The topological polar surface area (TPSA) is 58.2 Å². The van der Waals surface area contributed by atoms with Gasteiger partial charge in [-0.3, -0.25) is 9.59 Å². The summed E-state index contributed by atoms with van der Waals surface area (Å²) in [5, 5.41) is 7.46. The largest absolute Gasteiger partial charge is 0.387 e. The maximum atomic E-state index is 13.9. The van der Waals surface area contributed by atoms with Crippen molar-refractivity contribution in [1.82, 2.24) is 10.6 Å². The van der Waals surface area contributed by atoms with E-state index in [0.29, 0.717) is 30.1 Å². The Balaban J connectivity index is 1.11. The number of fused-ring (bicyclic) bond motifs is 5. The highest BCUT2D eigenvalue weighted by atomic mass is 16.2. The highest BCUT2D eigenvalue weighted by molar-refractivity contribution is 5.91. The van der Waals surface area contributed by atoms with E-state index in [9.17, 15) is 9.59 Å². The van der Waals surface area contributed by atoms with Gasteiger partial charge < -0.3 is 10.6 Å². The predicted octanol–water partition coefficient (Wildman–Crippen LogP) is 4.99. The smallest absolute Gasteiger partial charge is 0.224 e. The molecule has 4 nitrogen and oxygen atoms in total. The van der Waals surface area contributed by atoms with E-state index in [0.717, 1.165) is 37.1 Å². The van der Waals surface area contributed by atoms with Crippen LogP contribution < -0.4 is 10.6 Å². The van der Waals surface area contributed by atoms with E-state index in [1.807, 2.05) is 6.08 Å². The number of amides is 1. The Morgan fingerprint density at radius 3 is 2.36 bits per heavy atom. The average Bonchev–Trinajstić information content (AvgIpc) is 3.10. The summed E-state index contributed by atoms with van der Waals surface area (Å²) in [6.07, 6.45) is 16.3. The number of nitrogens with one attached hydrogen (secondary N) is 2. The third kappa shape index (κ3) is 2.94. The molecule has 1 aliphatic heterocycles. The van der Waals surface area contributed by atoms with Crippen LogP contribution in [0.25, 0.3) is 0 Å². The van der Waals surface area contributed by atoms with E-state index in [1.165, 1.54) is 63.5 Å². The van der Waals surface area contributed by atoms with Crippen LogP contribution in [0.3, 0.4) is 0 Å². The van der Waals surface area contributed by atoms with Gasteiger partial charge in [-0.15, -0.1) is 0 Å². The molecule has 8 aliphatic rings. The highest BCUT2D eigenvalue weighted by Crippen LogP contribution is 2.64. The number of ketones is 1. The second-order valence-electron chi connectivity index (χ2n) is 14.1. The summed E-state index contributed by atoms with van der Waals surface area (Å²) >= 11 is 0. The maximum absolute atomic E-state index is 13.9. The number of hydrogen-bond acceptors (Lipinski definition) is 3. The van der Waals surface area contributed by atoms with Crippen LogP contribution in [0.4, 0.5) is 0 Å². The van der Waals surface area contributed by atoms with Crippen molar-refractivity contribution in [3.05, 3.63) is 11.8 Å². The van der Waals surface area contributed by atoms with Gasteiger partial charge in [0.05, 0.1) is 0 Å². The van der Waals surface area contributed by atoms with Crippen molar-refractivity contribution >= 4 is 11.7 Å². The molecule has 0 aromatic rings. The second-order valence-corrected chi connectivity index (χ2v) is 14.1. The summed E-state index contributed by atoms with van der Waals surface area (Å²) in [5.74, 6) is 5.42. The van der Waals surface area contributed by atoms with Crippen LogP contribution in [0.2, 0.25) is 0 Å². The zero-order valence-electron chi connectivity index (χ0n) is 20.6. The van der Waals surface area contributed by atoms with Gasteiger partial charge in [0.25, 0.3) is 0 Å². The average molecular weight is 451 g/mol. The van der Waals surface area contributed by atoms with E-state index in [4.69, 9.17) is 0 Å². The zero-order valence-corrected chi connectivity index (χ0v) is 20.6. The summed E-state index contributed by atoms with van der Waals surface area (Å²) in [5.41, 5.74) is 1.60. The molecule has 1 unspecified atom stereocenters. The Bertz CT molecular complexity index is 887. The number of hydrogen-bond donors (Lipinski definition) is 2. The van der Waals surface area contributed by atoms with Crippen LogP contribution in [-0.2, 0) is 9.59 Å². The van der Waals surface area contributed by atoms with Crippen molar-refractivity contribution < 1.29 is 9.59 Å². The van der Waals surface area contributed by atoms with Crippen molar-refractivity contribution in [3.8, 4) is 0 Å². The van der Waals surface area contributed by atoms with Gasteiger partial charge in [0.2, 0.25) is 5.91 Å².